The van der Waals surface area contributed by atoms with E-state index in [-0.39, 0.29) is 18.3 Å². The number of nitrogens with zero attached hydrogens (tertiary/aromatic N) is 1. The van der Waals surface area contributed by atoms with Gasteiger partial charge in [0.1, 0.15) is 5.82 Å². The van der Waals surface area contributed by atoms with Gasteiger partial charge in [0.05, 0.1) is 17.9 Å². The standard InChI is InChI=1S/C13H10FIN2O2/c14-8-1-2-11(12(15)5-8)13(19)17-9-3-4-16-10(6-9)7-18/h1-6,18H,7H2,(H,16,17,19). The molecule has 2 rings (SSSR count). The fraction of sp³-hybridized carbons (Fsp3) is 0.0769. The van der Waals surface area contributed by atoms with Crippen LogP contribution in [0.4, 0.5) is 10.1 Å². The summed E-state index contributed by atoms with van der Waals surface area (Å²) in [6, 6.07) is 7.16. The molecule has 0 unspecified atom stereocenters. The van der Waals surface area contributed by atoms with Gasteiger partial charge in [0.2, 0.25) is 0 Å². The Labute approximate surface area is 122 Å². The first-order valence-electron chi connectivity index (χ1n) is 5.42. The molecule has 1 heterocycles. The Kier molecular flexibility index (Phi) is 4.43. The van der Waals surface area contributed by atoms with Gasteiger partial charge in [-0.2, -0.15) is 0 Å². The number of amides is 1. The van der Waals surface area contributed by atoms with Crippen LogP contribution >= 0.6 is 22.6 Å². The average molecular weight is 372 g/mol. The van der Waals surface area contributed by atoms with E-state index in [1.165, 1.54) is 24.4 Å². The molecule has 0 radical (unpaired) electrons. The van der Waals surface area contributed by atoms with Crippen LogP contribution in [0.2, 0.25) is 0 Å². The summed E-state index contributed by atoms with van der Waals surface area (Å²) in [4.78, 5) is 15.9. The van der Waals surface area contributed by atoms with E-state index in [4.69, 9.17) is 5.11 Å². The van der Waals surface area contributed by atoms with Gasteiger partial charge >= 0.3 is 0 Å². The molecule has 0 saturated carbocycles. The van der Waals surface area contributed by atoms with Crippen molar-refractivity contribution in [3.8, 4) is 0 Å². The van der Waals surface area contributed by atoms with E-state index in [2.05, 4.69) is 10.3 Å². The number of aliphatic hydroxyl groups is 1. The second-order valence-corrected chi connectivity index (χ2v) is 4.93. The fourth-order valence-corrected chi connectivity index (χ4v) is 2.24. The topological polar surface area (TPSA) is 62.2 Å². The smallest absolute Gasteiger partial charge is 0.256 e. The minimum atomic E-state index is -0.382. The first-order chi connectivity index (χ1) is 9.10. The highest BCUT2D eigenvalue weighted by molar-refractivity contribution is 14.1. The van der Waals surface area contributed by atoms with Crippen molar-refractivity contribution in [2.45, 2.75) is 6.61 Å². The summed E-state index contributed by atoms with van der Waals surface area (Å²) in [6.45, 7) is -0.197. The highest BCUT2D eigenvalue weighted by Crippen LogP contribution is 2.16. The summed E-state index contributed by atoms with van der Waals surface area (Å²) in [7, 11) is 0. The molecule has 0 aliphatic heterocycles. The molecule has 0 aliphatic rings. The first-order valence-corrected chi connectivity index (χ1v) is 6.50. The van der Waals surface area contributed by atoms with Crippen LogP contribution in [0.3, 0.4) is 0 Å². The summed E-state index contributed by atoms with van der Waals surface area (Å²) in [5, 5.41) is 11.6. The van der Waals surface area contributed by atoms with Crippen molar-refractivity contribution in [3.63, 3.8) is 0 Å². The van der Waals surface area contributed by atoms with Crippen LogP contribution in [0.15, 0.2) is 36.5 Å². The van der Waals surface area contributed by atoms with Gasteiger partial charge in [-0.15, -0.1) is 0 Å². The number of anilines is 1. The van der Waals surface area contributed by atoms with Crippen molar-refractivity contribution < 1.29 is 14.3 Å². The lowest BCUT2D eigenvalue weighted by Crippen LogP contribution is -2.14. The van der Waals surface area contributed by atoms with Crippen LogP contribution in [0, 0.1) is 9.39 Å². The molecule has 1 aromatic carbocycles. The van der Waals surface area contributed by atoms with E-state index in [9.17, 15) is 9.18 Å². The number of nitrogens with one attached hydrogen (secondary N) is 1. The molecule has 0 saturated heterocycles. The third kappa shape index (κ3) is 3.48. The molecule has 1 amide bonds. The minimum Gasteiger partial charge on any atom is -0.390 e. The highest BCUT2D eigenvalue weighted by atomic mass is 127. The first kappa shape index (κ1) is 13.9. The van der Waals surface area contributed by atoms with Crippen molar-refractivity contribution in [3.05, 3.63) is 57.2 Å². The van der Waals surface area contributed by atoms with E-state index in [0.717, 1.165) is 0 Å². The molecule has 98 valence electrons. The molecule has 2 aromatic rings. The number of hydrogen-bond donors (Lipinski definition) is 2. The number of pyridine rings is 1. The highest BCUT2D eigenvalue weighted by Gasteiger charge is 2.11. The third-order valence-corrected chi connectivity index (χ3v) is 3.30. The number of aromatic nitrogens is 1. The van der Waals surface area contributed by atoms with Gasteiger partial charge < -0.3 is 10.4 Å². The van der Waals surface area contributed by atoms with Crippen molar-refractivity contribution in [2.75, 3.05) is 5.32 Å². The number of halogens is 2. The molecule has 0 atom stereocenters. The van der Waals surface area contributed by atoms with E-state index in [1.54, 1.807) is 12.1 Å². The number of rotatable bonds is 3. The van der Waals surface area contributed by atoms with Crippen LogP contribution in [0.1, 0.15) is 16.1 Å². The Morgan fingerprint density at radius 2 is 2.16 bits per heavy atom. The minimum absolute atomic E-state index is 0.197. The predicted octanol–water partition coefficient (Wildman–Crippen LogP) is 2.57. The fourth-order valence-electron chi connectivity index (χ4n) is 1.51. The zero-order valence-electron chi connectivity index (χ0n) is 9.73. The number of carbonyl (C=O) groups is 1. The molecule has 0 aliphatic carbocycles. The van der Waals surface area contributed by atoms with E-state index in [1.807, 2.05) is 22.6 Å². The maximum absolute atomic E-state index is 13.0. The van der Waals surface area contributed by atoms with Crippen molar-refractivity contribution >= 4 is 34.2 Å². The Morgan fingerprint density at radius 1 is 1.37 bits per heavy atom. The molecule has 0 spiro atoms. The largest absolute Gasteiger partial charge is 0.390 e. The summed E-state index contributed by atoms with van der Waals surface area (Å²) in [5.74, 6) is -0.716. The quantitative estimate of drug-likeness (QED) is 0.815. The predicted molar refractivity (Wildman–Crippen MR) is 77.2 cm³/mol. The molecule has 19 heavy (non-hydrogen) atoms. The summed E-state index contributed by atoms with van der Waals surface area (Å²) in [6.07, 6.45) is 1.50. The molecule has 1 aromatic heterocycles. The number of benzene rings is 1. The van der Waals surface area contributed by atoms with Gasteiger partial charge in [-0.25, -0.2) is 4.39 Å². The lowest BCUT2D eigenvalue weighted by molar-refractivity contribution is 0.102. The maximum atomic E-state index is 13.0. The average Bonchev–Trinajstić information content (AvgIpc) is 2.38. The molecular weight excluding hydrogens is 362 g/mol. The molecule has 0 bridgehead atoms. The van der Waals surface area contributed by atoms with Crippen LogP contribution < -0.4 is 5.32 Å². The SMILES string of the molecule is O=C(Nc1ccnc(CO)c1)c1ccc(F)cc1I. The lowest BCUT2D eigenvalue weighted by atomic mass is 10.2. The molecule has 0 fully saturated rings. The van der Waals surface area contributed by atoms with Crippen molar-refractivity contribution in [1.29, 1.82) is 0 Å². The van der Waals surface area contributed by atoms with Crippen molar-refractivity contribution in [2.24, 2.45) is 0 Å². The van der Waals surface area contributed by atoms with E-state index >= 15 is 0 Å². The Balaban J connectivity index is 2.20. The maximum Gasteiger partial charge on any atom is 0.256 e. The lowest BCUT2D eigenvalue weighted by Gasteiger charge is -2.07. The van der Waals surface area contributed by atoms with Gasteiger partial charge in [0.25, 0.3) is 5.91 Å². The van der Waals surface area contributed by atoms with Gasteiger partial charge in [0, 0.05) is 15.5 Å². The van der Waals surface area contributed by atoms with Crippen LogP contribution in [-0.4, -0.2) is 16.0 Å². The van der Waals surface area contributed by atoms with Crippen LogP contribution in [0.25, 0.3) is 0 Å². The molecular formula is C13H10FIN2O2. The van der Waals surface area contributed by atoms with Gasteiger partial charge in [0.15, 0.2) is 0 Å². The van der Waals surface area contributed by atoms with E-state index in [0.29, 0.717) is 20.5 Å². The number of carbonyl (C=O) groups excluding carboxylic acids is 1. The Bertz CT molecular complexity index is 619. The molecule has 2 N–H and O–H groups in total. The van der Waals surface area contributed by atoms with Crippen LogP contribution in [0.5, 0.6) is 0 Å². The monoisotopic (exact) mass is 372 g/mol. The molecule has 6 heteroatoms. The second-order valence-electron chi connectivity index (χ2n) is 3.77. The summed E-state index contributed by atoms with van der Waals surface area (Å²) < 4.78 is 13.5. The van der Waals surface area contributed by atoms with Crippen molar-refractivity contribution in [1.82, 2.24) is 4.98 Å². The number of hydrogen-bond acceptors (Lipinski definition) is 3. The zero-order valence-corrected chi connectivity index (χ0v) is 11.9. The Morgan fingerprint density at radius 3 is 2.84 bits per heavy atom. The van der Waals surface area contributed by atoms with Gasteiger partial charge in [-0.1, -0.05) is 0 Å². The summed E-state index contributed by atoms with van der Waals surface area (Å²) in [5.41, 5.74) is 1.39. The van der Waals surface area contributed by atoms with E-state index < -0.39 is 0 Å². The Hall–Kier alpha value is -1.54. The third-order valence-electron chi connectivity index (χ3n) is 2.41. The zero-order chi connectivity index (χ0) is 13.8. The van der Waals surface area contributed by atoms with Gasteiger partial charge in [-0.3, -0.25) is 9.78 Å². The normalized spacial score (nSPS) is 10.3. The van der Waals surface area contributed by atoms with Crippen LogP contribution in [-0.2, 0) is 6.61 Å². The summed E-state index contributed by atoms with van der Waals surface area (Å²) >= 11 is 1.90. The second kappa shape index (κ2) is 6.07. The molecule has 4 nitrogen and oxygen atoms in total. The number of aliphatic hydroxyl groups excluding tert-OH is 1. The van der Waals surface area contributed by atoms with Gasteiger partial charge in [-0.05, 0) is 52.9 Å².